The van der Waals surface area contributed by atoms with Crippen LogP contribution in [0, 0.1) is 0 Å². The van der Waals surface area contributed by atoms with Gasteiger partial charge in [-0.3, -0.25) is 4.98 Å². The van der Waals surface area contributed by atoms with E-state index in [0.717, 1.165) is 18.5 Å². The van der Waals surface area contributed by atoms with Gasteiger partial charge in [-0.05, 0) is 25.0 Å². The minimum atomic E-state index is -3.36. The fourth-order valence-corrected chi connectivity index (χ4v) is 3.66. The summed E-state index contributed by atoms with van der Waals surface area (Å²) in [5, 5.41) is 9.78. The van der Waals surface area contributed by atoms with Crippen molar-refractivity contribution < 1.29 is 13.5 Å². The number of aliphatic hydroxyl groups is 1. The van der Waals surface area contributed by atoms with Crippen LogP contribution in [0.5, 0.6) is 0 Å². The molecule has 1 aromatic rings. The first kappa shape index (κ1) is 14.4. The Morgan fingerprint density at radius 2 is 2.11 bits per heavy atom. The molecular formula is C13H20N2O3S. The average molecular weight is 284 g/mol. The summed E-state index contributed by atoms with van der Waals surface area (Å²) in [6, 6.07) is 5.12. The molecule has 0 radical (unpaired) electrons. The zero-order chi connectivity index (χ0) is 13.7. The summed E-state index contributed by atoms with van der Waals surface area (Å²) in [5.74, 6) is 0.00718. The van der Waals surface area contributed by atoms with Crippen LogP contribution in [0.3, 0.4) is 0 Å². The van der Waals surface area contributed by atoms with E-state index >= 15 is 0 Å². The molecule has 0 aliphatic heterocycles. The zero-order valence-corrected chi connectivity index (χ0v) is 11.6. The lowest BCUT2D eigenvalue weighted by molar-refractivity contribution is 0.101. The van der Waals surface area contributed by atoms with Gasteiger partial charge in [0, 0.05) is 24.4 Å². The lowest BCUT2D eigenvalue weighted by Gasteiger charge is -2.28. The number of aromatic nitrogens is 1. The maximum absolute atomic E-state index is 12.0. The molecule has 0 amide bonds. The van der Waals surface area contributed by atoms with Gasteiger partial charge in [-0.1, -0.05) is 18.9 Å². The smallest absolute Gasteiger partial charge is 0.212 e. The lowest BCUT2D eigenvalue weighted by Crippen LogP contribution is -2.45. The van der Waals surface area contributed by atoms with Gasteiger partial charge in [-0.15, -0.1) is 0 Å². The predicted molar refractivity (Wildman–Crippen MR) is 73.1 cm³/mol. The van der Waals surface area contributed by atoms with Gasteiger partial charge in [0.2, 0.25) is 10.0 Å². The molecule has 2 N–H and O–H groups in total. The molecule has 1 aliphatic rings. The van der Waals surface area contributed by atoms with Crippen molar-refractivity contribution in [2.24, 2.45) is 0 Å². The van der Waals surface area contributed by atoms with Crippen LogP contribution in [0.1, 0.15) is 31.4 Å². The van der Waals surface area contributed by atoms with Crippen molar-refractivity contribution >= 4 is 10.0 Å². The number of hydrogen-bond acceptors (Lipinski definition) is 4. The Labute approximate surface area is 114 Å². The van der Waals surface area contributed by atoms with Gasteiger partial charge in [0.05, 0.1) is 11.9 Å². The number of aryl methyl sites for hydroxylation is 1. The molecular weight excluding hydrogens is 264 g/mol. The quantitative estimate of drug-likeness (QED) is 0.840. The summed E-state index contributed by atoms with van der Waals surface area (Å²) in [6.45, 7) is 0. The van der Waals surface area contributed by atoms with E-state index in [1.54, 1.807) is 12.3 Å². The summed E-state index contributed by atoms with van der Waals surface area (Å²) < 4.78 is 26.5. The second-order valence-corrected chi connectivity index (χ2v) is 6.84. The van der Waals surface area contributed by atoms with Crippen LogP contribution in [0.25, 0.3) is 0 Å². The number of sulfonamides is 1. The molecule has 5 nitrogen and oxygen atoms in total. The molecule has 0 spiro atoms. The van der Waals surface area contributed by atoms with E-state index in [0.29, 0.717) is 19.3 Å². The lowest BCUT2D eigenvalue weighted by atomic mass is 9.93. The Morgan fingerprint density at radius 1 is 1.32 bits per heavy atom. The van der Waals surface area contributed by atoms with E-state index in [2.05, 4.69) is 9.71 Å². The third kappa shape index (κ3) is 4.56. The van der Waals surface area contributed by atoms with E-state index in [1.807, 2.05) is 12.1 Å². The molecule has 0 bridgehead atoms. The molecule has 2 rings (SSSR count). The zero-order valence-electron chi connectivity index (χ0n) is 10.8. The Balaban J connectivity index is 1.88. The van der Waals surface area contributed by atoms with Crippen LogP contribution in [0.15, 0.2) is 24.4 Å². The van der Waals surface area contributed by atoms with Crippen LogP contribution in [0.4, 0.5) is 0 Å². The Kier molecular flexibility index (Phi) is 4.90. The van der Waals surface area contributed by atoms with Crippen molar-refractivity contribution in [3.8, 4) is 0 Å². The highest BCUT2D eigenvalue weighted by atomic mass is 32.2. The topological polar surface area (TPSA) is 79.3 Å². The molecule has 19 heavy (non-hydrogen) atoms. The van der Waals surface area contributed by atoms with Crippen LogP contribution in [-0.2, 0) is 16.4 Å². The standard InChI is InChI=1S/C13H20N2O3S/c16-13-7-2-1-6-12(13)15-19(17,18)10-8-11-5-3-4-9-14-11/h3-5,9,12-13,15-16H,1-2,6-8,10H2. The molecule has 0 saturated heterocycles. The minimum absolute atomic E-state index is 0.00718. The molecule has 1 heterocycles. The largest absolute Gasteiger partial charge is 0.391 e. The Bertz CT molecular complexity index is 490. The maximum atomic E-state index is 12.0. The van der Waals surface area contributed by atoms with Crippen molar-refractivity contribution in [1.29, 1.82) is 0 Å². The normalized spacial score (nSPS) is 24.3. The second kappa shape index (κ2) is 6.45. The van der Waals surface area contributed by atoms with E-state index in [9.17, 15) is 13.5 Å². The van der Waals surface area contributed by atoms with Crippen LogP contribution >= 0.6 is 0 Å². The van der Waals surface area contributed by atoms with Gasteiger partial charge in [0.25, 0.3) is 0 Å². The van der Waals surface area contributed by atoms with Gasteiger partial charge < -0.3 is 5.11 Å². The highest BCUT2D eigenvalue weighted by Gasteiger charge is 2.26. The van der Waals surface area contributed by atoms with E-state index in [1.165, 1.54) is 0 Å². The number of pyridine rings is 1. The fraction of sp³-hybridized carbons (Fsp3) is 0.615. The molecule has 106 valence electrons. The number of aliphatic hydroxyl groups excluding tert-OH is 1. The molecule has 1 fully saturated rings. The number of nitrogens with one attached hydrogen (secondary N) is 1. The van der Waals surface area contributed by atoms with E-state index < -0.39 is 16.1 Å². The summed E-state index contributed by atoms with van der Waals surface area (Å²) in [6.07, 6.45) is 4.80. The van der Waals surface area contributed by atoms with Crippen LogP contribution < -0.4 is 4.72 Å². The molecule has 2 atom stereocenters. The SMILES string of the molecule is O=S(=O)(CCc1ccccn1)NC1CCCCC1O. The van der Waals surface area contributed by atoms with Gasteiger partial charge in [-0.2, -0.15) is 0 Å². The van der Waals surface area contributed by atoms with Crippen molar-refractivity contribution in [2.45, 2.75) is 44.2 Å². The average Bonchev–Trinajstić information content (AvgIpc) is 2.40. The monoisotopic (exact) mass is 284 g/mol. The fourth-order valence-electron chi connectivity index (χ4n) is 2.32. The predicted octanol–water partition coefficient (Wildman–Crippen LogP) is 0.847. The Morgan fingerprint density at radius 3 is 2.79 bits per heavy atom. The second-order valence-electron chi connectivity index (χ2n) is 4.97. The summed E-state index contributed by atoms with van der Waals surface area (Å²) in [5.41, 5.74) is 0.761. The highest BCUT2D eigenvalue weighted by Crippen LogP contribution is 2.19. The van der Waals surface area contributed by atoms with Gasteiger partial charge in [-0.25, -0.2) is 13.1 Å². The minimum Gasteiger partial charge on any atom is -0.391 e. The van der Waals surface area contributed by atoms with Crippen molar-refractivity contribution in [2.75, 3.05) is 5.75 Å². The molecule has 1 saturated carbocycles. The number of hydrogen-bond donors (Lipinski definition) is 2. The third-order valence-corrected chi connectivity index (χ3v) is 4.82. The molecule has 1 aromatic heterocycles. The number of nitrogens with zero attached hydrogens (tertiary/aromatic N) is 1. The van der Waals surface area contributed by atoms with Gasteiger partial charge in [0.1, 0.15) is 0 Å². The van der Waals surface area contributed by atoms with Crippen LogP contribution in [-0.4, -0.2) is 36.4 Å². The molecule has 6 heteroatoms. The first-order valence-electron chi connectivity index (χ1n) is 6.65. The summed E-state index contributed by atoms with van der Waals surface area (Å²) >= 11 is 0. The molecule has 1 aliphatic carbocycles. The first-order chi connectivity index (χ1) is 9.07. The van der Waals surface area contributed by atoms with Gasteiger partial charge >= 0.3 is 0 Å². The van der Waals surface area contributed by atoms with Crippen LogP contribution in [0.2, 0.25) is 0 Å². The van der Waals surface area contributed by atoms with Crippen molar-refractivity contribution in [3.05, 3.63) is 30.1 Å². The molecule has 2 unspecified atom stereocenters. The third-order valence-electron chi connectivity index (χ3n) is 3.41. The first-order valence-corrected chi connectivity index (χ1v) is 8.30. The highest BCUT2D eigenvalue weighted by molar-refractivity contribution is 7.89. The Hall–Kier alpha value is -0.980. The summed E-state index contributed by atoms with van der Waals surface area (Å²) in [4.78, 5) is 4.10. The molecule has 0 aromatic carbocycles. The summed E-state index contributed by atoms with van der Waals surface area (Å²) in [7, 11) is -3.36. The van der Waals surface area contributed by atoms with E-state index in [4.69, 9.17) is 0 Å². The maximum Gasteiger partial charge on any atom is 0.212 e. The van der Waals surface area contributed by atoms with E-state index in [-0.39, 0.29) is 11.8 Å². The number of rotatable bonds is 5. The van der Waals surface area contributed by atoms with Crippen molar-refractivity contribution in [3.63, 3.8) is 0 Å². The van der Waals surface area contributed by atoms with Gasteiger partial charge in [0.15, 0.2) is 0 Å². The van der Waals surface area contributed by atoms with Crippen molar-refractivity contribution in [1.82, 2.24) is 9.71 Å².